The summed E-state index contributed by atoms with van der Waals surface area (Å²) >= 11 is 0. The first-order chi connectivity index (χ1) is 12.6. The molecule has 4 heteroatoms. The summed E-state index contributed by atoms with van der Waals surface area (Å²) in [5.41, 5.74) is 0. The van der Waals surface area contributed by atoms with Crippen molar-refractivity contribution in [2.24, 2.45) is 0 Å². The minimum absolute atomic E-state index is 0.148. The number of aliphatic hydroxyl groups excluding tert-OH is 2. The maximum Gasteiger partial charge on any atom is 0.303 e. The van der Waals surface area contributed by atoms with E-state index in [9.17, 15) is 15.0 Å². The summed E-state index contributed by atoms with van der Waals surface area (Å²) < 4.78 is 0. The van der Waals surface area contributed by atoms with Crippen molar-refractivity contribution >= 4 is 5.97 Å². The molecule has 0 spiro atoms. The molecule has 0 amide bonds. The number of aliphatic hydroxyl groups is 2. The molecule has 1 unspecified atom stereocenters. The predicted molar refractivity (Wildman–Crippen MR) is 108 cm³/mol. The van der Waals surface area contributed by atoms with Gasteiger partial charge in [-0.25, -0.2) is 0 Å². The van der Waals surface area contributed by atoms with E-state index in [-0.39, 0.29) is 12.2 Å². The van der Waals surface area contributed by atoms with Crippen LogP contribution in [0.25, 0.3) is 0 Å². The number of aliphatic carboxylic acids is 1. The zero-order chi connectivity index (χ0) is 19.5. The largest absolute Gasteiger partial charge is 0.512 e. The molecule has 0 saturated carbocycles. The van der Waals surface area contributed by atoms with Gasteiger partial charge < -0.3 is 15.3 Å². The van der Waals surface area contributed by atoms with Crippen LogP contribution in [0.5, 0.6) is 0 Å². The fourth-order valence-electron chi connectivity index (χ4n) is 2.10. The summed E-state index contributed by atoms with van der Waals surface area (Å²) in [6, 6.07) is 0. The Kier molecular flexibility index (Phi) is 16.3. The summed E-state index contributed by atoms with van der Waals surface area (Å²) in [4.78, 5) is 10.3. The van der Waals surface area contributed by atoms with Gasteiger partial charge in [-0.05, 0) is 38.2 Å². The first kappa shape index (κ1) is 23.9. The molecule has 4 nitrogen and oxygen atoms in total. The van der Waals surface area contributed by atoms with Crippen LogP contribution in [0.4, 0.5) is 0 Å². The molecule has 0 aromatic rings. The Hall–Kier alpha value is -2.07. The maximum absolute atomic E-state index is 10.3. The molecule has 0 saturated heterocycles. The van der Waals surface area contributed by atoms with Crippen LogP contribution in [0, 0.1) is 0 Å². The van der Waals surface area contributed by atoms with Gasteiger partial charge in [0.15, 0.2) is 0 Å². The lowest BCUT2D eigenvalue weighted by Gasteiger charge is -2.01. The lowest BCUT2D eigenvalue weighted by atomic mass is 10.1. The monoisotopic (exact) mass is 362 g/mol. The number of carbonyl (C=O) groups is 1. The topological polar surface area (TPSA) is 77.8 Å². The van der Waals surface area contributed by atoms with Crippen LogP contribution in [0.15, 0.2) is 60.4 Å². The van der Waals surface area contributed by atoms with E-state index in [1.807, 2.05) is 36.5 Å². The molecule has 0 aromatic carbocycles. The molecule has 0 aromatic heterocycles. The SMILES string of the molecule is CCCCC/C=C\C=C\C(O)CC=C(O)C/C=C\C/C=C\CCC(=O)O. The standard InChI is InChI=1S/C22H34O4/c1-2-3-4-5-6-9-12-15-20(23)18-19-21(24)16-13-10-7-8-11-14-17-22(25)26/h6,8-13,15,19-20,23-24H,2-5,7,14,16-18H2,1H3,(H,25,26)/b9-6-,11-8-,13-10-,15-12+,21-19?. The van der Waals surface area contributed by atoms with Crippen molar-refractivity contribution in [1.82, 2.24) is 0 Å². The lowest BCUT2D eigenvalue weighted by Crippen LogP contribution is -1.99. The molecule has 0 aliphatic heterocycles. The third-order valence-electron chi connectivity index (χ3n) is 3.61. The van der Waals surface area contributed by atoms with E-state index in [2.05, 4.69) is 13.0 Å². The van der Waals surface area contributed by atoms with Crippen LogP contribution in [-0.2, 0) is 4.79 Å². The highest BCUT2D eigenvalue weighted by atomic mass is 16.4. The second-order valence-electron chi connectivity index (χ2n) is 6.12. The zero-order valence-electron chi connectivity index (χ0n) is 15.9. The van der Waals surface area contributed by atoms with Gasteiger partial charge in [-0.15, -0.1) is 0 Å². The van der Waals surface area contributed by atoms with E-state index in [0.717, 1.165) is 6.42 Å². The summed E-state index contributed by atoms with van der Waals surface area (Å²) in [5, 5.41) is 28.1. The third kappa shape index (κ3) is 18.3. The lowest BCUT2D eigenvalue weighted by molar-refractivity contribution is -0.136. The van der Waals surface area contributed by atoms with E-state index < -0.39 is 12.1 Å². The second-order valence-corrected chi connectivity index (χ2v) is 6.12. The van der Waals surface area contributed by atoms with Crippen LogP contribution in [0.3, 0.4) is 0 Å². The average molecular weight is 363 g/mol. The van der Waals surface area contributed by atoms with Gasteiger partial charge >= 0.3 is 5.97 Å². The Balaban J connectivity index is 3.87. The summed E-state index contributed by atoms with van der Waals surface area (Å²) in [7, 11) is 0. The Morgan fingerprint density at radius 3 is 2.46 bits per heavy atom. The molecule has 0 radical (unpaired) electrons. The minimum atomic E-state index is -0.791. The number of hydrogen-bond donors (Lipinski definition) is 3. The van der Waals surface area contributed by atoms with Crippen LogP contribution in [0.1, 0.15) is 64.7 Å². The summed E-state index contributed by atoms with van der Waals surface area (Å²) in [5.74, 6) is -0.557. The normalized spacial score (nSPS) is 14.3. The summed E-state index contributed by atoms with van der Waals surface area (Å²) in [6.45, 7) is 2.18. The predicted octanol–water partition coefficient (Wildman–Crippen LogP) is 5.63. The molecule has 0 heterocycles. The molecular weight excluding hydrogens is 328 g/mol. The molecule has 0 aliphatic carbocycles. The molecule has 0 rings (SSSR count). The number of rotatable bonds is 15. The average Bonchev–Trinajstić information content (AvgIpc) is 2.61. The quantitative estimate of drug-likeness (QED) is 0.153. The van der Waals surface area contributed by atoms with E-state index in [4.69, 9.17) is 5.11 Å². The van der Waals surface area contributed by atoms with E-state index >= 15 is 0 Å². The molecule has 3 N–H and O–H groups in total. The Morgan fingerprint density at radius 2 is 1.73 bits per heavy atom. The number of carboxylic acid groups (broad SMARTS) is 1. The summed E-state index contributed by atoms with van der Waals surface area (Å²) in [6.07, 6.45) is 23.1. The molecular formula is C22H34O4. The molecule has 146 valence electrons. The van der Waals surface area contributed by atoms with Crippen LogP contribution < -0.4 is 0 Å². The second kappa shape index (κ2) is 17.7. The smallest absolute Gasteiger partial charge is 0.303 e. The fraction of sp³-hybridized carbons (Fsp3) is 0.500. The van der Waals surface area contributed by atoms with Gasteiger partial charge in [-0.3, -0.25) is 4.79 Å². The van der Waals surface area contributed by atoms with Gasteiger partial charge in [-0.2, -0.15) is 0 Å². The highest BCUT2D eigenvalue weighted by Crippen LogP contribution is 2.05. The number of unbranched alkanes of at least 4 members (excludes halogenated alkanes) is 3. The Morgan fingerprint density at radius 1 is 0.962 bits per heavy atom. The van der Waals surface area contributed by atoms with Crippen LogP contribution in [-0.4, -0.2) is 27.4 Å². The number of hydrogen-bond acceptors (Lipinski definition) is 3. The number of allylic oxidation sites excluding steroid dienone is 7. The van der Waals surface area contributed by atoms with Gasteiger partial charge in [0.2, 0.25) is 0 Å². The molecule has 0 fully saturated rings. The molecule has 26 heavy (non-hydrogen) atoms. The van der Waals surface area contributed by atoms with Gasteiger partial charge in [0.25, 0.3) is 0 Å². The van der Waals surface area contributed by atoms with Crippen molar-refractivity contribution < 1.29 is 20.1 Å². The fourth-order valence-corrected chi connectivity index (χ4v) is 2.10. The van der Waals surface area contributed by atoms with Gasteiger partial charge in [0.1, 0.15) is 0 Å². The minimum Gasteiger partial charge on any atom is -0.512 e. The molecule has 0 aliphatic rings. The van der Waals surface area contributed by atoms with Crippen molar-refractivity contribution in [3.63, 3.8) is 0 Å². The van der Waals surface area contributed by atoms with E-state index in [0.29, 0.717) is 25.7 Å². The first-order valence-corrected chi connectivity index (χ1v) is 9.47. The van der Waals surface area contributed by atoms with E-state index in [1.54, 1.807) is 12.2 Å². The van der Waals surface area contributed by atoms with Crippen LogP contribution >= 0.6 is 0 Å². The van der Waals surface area contributed by atoms with Gasteiger partial charge in [-0.1, -0.05) is 68.4 Å². The highest BCUT2D eigenvalue weighted by Gasteiger charge is 1.97. The molecule has 0 bridgehead atoms. The van der Waals surface area contributed by atoms with Crippen molar-refractivity contribution in [2.75, 3.05) is 0 Å². The Bertz CT molecular complexity index is 498. The van der Waals surface area contributed by atoms with E-state index in [1.165, 1.54) is 19.3 Å². The number of carboxylic acids is 1. The van der Waals surface area contributed by atoms with Crippen molar-refractivity contribution in [3.05, 3.63) is 60.4 Å². The highest BCUT2D eigenvalue weighted by molar-refractivity contribution is 5.66. The van der Waals surface area contributed by atoms with Gasteiger partial charge in [0, 0.05) is 12.8 Å². The molecule has 1 atom stereocenters. The van der Waals surface area contributed by atoms with Gasteiger partial charge in [0.05, 0.1) is 11.9 Å². The maximum atomic E-state index is 10.3. The first-order valence-electron chi connectivity index (χ1n) is 9.47. The van der Waals surface area contributed by atoms with Crippen LogP contribution in [0.2, 0.25) is 0 Å². The Labute approximate surface area is 157 Å². The van der Waals surface area contributed by atoms with Crippen molar-refractivity contribution in [2.45, 2.75) is 70.8 Å². The van der Waals surface area contributed by atoms with Crippen molar-refractivity contribution in [3.8, 4) is 0 Å². The zero-order valence-corrected chi connectivity index (χ0v) is 15.9. The third-order valence-corrected chi connectivity index (χ3v) is 3.61. The van der Waals surface area contributed by atoms with Crippen molar-refractivity contribution in [1.29, 1.82) is 0 Å².